The molecule has 224 valence electrons. The molecule has 7 nitrogen and oxygen atoms in total. The van der Waals surface area contributed by atoms with Crippen molar-refractivity contribution < 1.29 is 83.2 Å². The minimum atomic E-state index is -0.568. The Bertz CT molecular complexity index is 1310. The first kappa shape index (κ1) is 40.3. The van der Waals surface area contributed by atoms with Crippen LogP contribution in [0.4, 0.5) is 0 Å². The third kappa shape index (κ3) is 12.9. The van der Waals surface area contributed by atoms with Crippen molar-refractivity contribution in [3.63, 3.8) is 0 Å². The van der Waals surface area contributed by atoms with Crippen molar-refractivity contribution in [2.24, 2.45) is 11.7 Å². The Hall–Kier alpha value is -1.66. The zero-order valence-electron chi connectivity index (χ0n) is 27.1. The molecule has 1 amide bonds. The number of amides is 1. The van der Waals surface area contributed by atoms with Gasteiger partial charge in [0.25, 0.3) is 5.56 Å². The molecule has 42 heavy (non-hydrogen) atoms. The second kappa shape index (κ2) is 20.3. The molecule has 3 rings (SSSR count). The van der Waals surface area contributed by atoms with Crippen LogP contribution in [0.5, 0.6) is 0 Å². The van der Waals surface area contributed by atoms with Crippen LogP contribution in [0.3, 0.4) is 0 Å². The third-order valence-corrected chi connectivity index (χ3v) is 6.78. The Kier molecular flexibility index (Phi) is 19.5. The smallest absolute Gasteiger partial charge is 0.469 e. The molecule has 0 saturated carbocycles. The van der Waals surface area contributed by atoms with Gasteiger partial charge in [-0.25, -0.2) is 0 Å². The first-order valence-electron chi connectivity index (χ1n) is 13.8. The maximum atomic E-state index is 12.4. The standard InChI is InChI=1S/C18H20O2.C15H25N3O2.CH3.Cs/c1-13-6-4-7-14(2)18(13)16-9-5-8-15(12-16)10-11-17(19)20-3;1-11(2)10-13(14(16)19)18-8-5-6-12(15(18)20)7-9-17(3)4;;/h4-9,12H,10-11H2,1-3H3;5-6,8,11,13H,7,9-10H2,1-4H3,(H2,16,19);1H3;/q;;-1;+1. The van der Waals surface area contributed by atoms with Crippen LogP contribution < -0.4 is 80.2 Å². The Morgan fingerprint density at radius 2 is 1.60 bits per heavy atom. The Labute approximate surface area is 311 Å². The fourth-order valence-electron chi connectivity index (χ4n) is 4.65. The van der Waals surface area contributed by atoms with Gasteiger partial charge in [-0.1, -0.05) is 62.4 Å². The molecule has 8 heteroatoms. The number of primary amides is 1. The van der Waals surface area contributed by atoms with E-state index in [-0.39, 0.29) is 87.8 Å². The van der Waals surface area contributed by atoms with Gasteiger partial charge in [0, 0.05) is 24.7 Å². The van der Waals surface area contributed by atoms with Crippen LogP contribution in [0.2, 0.25) is 0 Å². The third-order valence-electron chi connectivity index (χ3n) is 6.78. The van der Waals surface area contributed by atoms with Crippen molar-refractivity contribution in [3.05, 3.63) is 101 Å². The van der Waals surface area contributed by atoms with Crippen LogP contribution in [-0.2, 0) is 27.2 Å². The largest absolute Gasteiger partial charge is 1.00 e. The van der Waals surface area contributed by atoms with Gasteiger partial charge in [0.05, 0.1) is 7.11 Å². The molecular formula is C34H48CsN3O4. The first-order valence-corrected chi connectivity index (χ1v) is 13.8. The number of nitrogens with zero attached hydrogens (tertiary/aromatic N) is 2. The molecule has 0 spiro atoms. The maximum absolute atomic E-state index is 12.4. The van der Waals surface area contributed by atoms with Crippen LogP contribution in [0.1, 0.15) is 55.0 Å². The number of aromatic nitrogens is 1. The number of carbonyl (C=O) groups excluding carboxylic acids is 2. The van der Waals surface area contributed by atoms with E-state index in [0.717, 1.165) is 17.7 Å². The average Bonchev–Trinajstić information content (AvgIpc) is 2.90. The SMILES string of the molecule is CC(C)CC(C(N)=O)n1cccc(CCN(C)C)c1=O.COC(=O)CCc1cccc(-c2c(C)cccc2C)c1.[CH3-].[Cs+]. The number of esters is 1. The van der Waals surface area contributed by atoms with Gasteiger partial charge in [-0.3, -0.25) is 14.4 Å². The number of likely N-dealkylation sites (N-methyl/N-ethyl adjacent to an activating group) is 1. The molecule has 2 aromatic carbocycles. The minimum Gasteiger partial charge on any atom is -0.469 e. The molecule has 1 aromatic heterocycles. The Balaban J connectivity index is 0.000000764. The monoisotopic (exact) mass is 695 g/mol. The van der Waals surface area contributed by atoms with E-state index < -0.39 is 11.9 Å². The van der Waals surface area contributed by atoms with Gasteiger partial charge >= 0.3 is 74.9 Å². The molecule has 0 fully saturated rings. The number of methoxy groups -OCH3 is 1. The number of hydrogen-bond acceptors (Lipinski definition) is 5. The average molecular weight is 696 g/mol. The maximum Gasteiger partial charge on any atom is 1.00 e. The van der Waals surface area contributed by atoms with Crippen molar-refractivity contribution in [1.29, 1.82) is 0 Å². The summed E-state index contributed by atoms with van der Waals surface area (Å²) in [5.41, 5.74) is 12.3. The summed E-state index contributed by atoms with van der Waals surface area (Å²) in [5.74, 6) is -0.321. The van der Waals surface area contributed by atoms with Gasteiger partial charge < -0.3 is 27.4 Å². The molecule has 1 heterocycles. The van der Waals surface area contributed by atoms with E-state index in [0.29, 0.717) is 31.6 Å². The quantitative estimate of drug-likeness (QED) is 0.246. The number of hydrogen-bond donors (Lipinski definition) is 1. The summed E-state index contributed by atoms with van der Waals surface area (Å²) in [6.07, 6.45) is 4.03. The first-order chi connectivity index (χ1) is 18.9. The molecular weight excluding hydrogens is 647 g/mol. The summed E-state index contributed by atoms with van der Waals surface area (Å²) in [6.45, 7) is 9.07. The summed E-state index contributed by atoms with van der Waals surface area (Å²) in [4.78, 5) is 37.3. The predicted molar refractivity (Wildman–Crippen MR) is 169 cm³/mol. The molecule has 0 radical (unpaired) electrons. The van der Waals surface area contributed by atoms with Gasteiger partial charge in [-0.2, -0.15) is 0 Å². The van der Waals surface area contributed by atoms with Gasteiger partial charge in [0.1, 0.15) is 6.04 Å². The predicted octanol–water partition coefficient (Wildman–Crippen LogP) is 2.56. The van der Waals surface area contributed by atoms with E-state index in [1.54, 1.807) is 6.20 Å². The molecule has 0 aliphatic heterocycles. The van der Waals surface area contributed by atoms with Crippen LogP contribution >= 0.6 is 0 Å². The second-order valence-electron chi connectivity index (χ2n) is 10.9. The zero-order valence-corrected chi connectivity index (χ0v) is 33.3. The molecule has 1 unspecified atom stereocenters. The van der Waals surface area contributed by atoms with E-state index in [1.165, 1.54) is 33.9 Å². The van der Waals surface area contributed by atoms with E-state index >= 15 is 0 Å². The fraction of sp³-hybridized carbons (Fsp3) is 0.412. The van der Waals surface area contributed by atoms with E-state index in [1.807, 2.05) is 51.0 Å². The summed E-state index contributed by atoms with van der Waals surface area (Å²) in [5, 5.41) is 0. The molecule has 3 aromatic rings. The van der Waals surface area contributed by atoms with Crippen molar-refractivity contribution in [2.45, 2.75) is 59.4 Å². The Morgan fingerprint density at radius 3 is 2.14 bits per heavy atom. The van der Waals surface area contributed by atoms with Crippen molar-refractivity contribution in [3.8, 4) is 11.1 Å². The number of carbonyl (C=O) groups is 2. The Morgan fingerprint density at radius 1 is 0.976 bits per heavy atom. The van der Waals surface area contributed by atoms with Crippen LogP contribution in [0.25, 0.3) is 11.1 Å². The number of rotatable bonds is 11. The summed E-state index contributed by atoms with van der Waals surface area (Å²) >= 11 is 0. The number of aryl methyl sites for hydroxylation is 3. The fourth-order valence-corrected chi connectivity index (χ4v) is 4.65. The van der Waals surface area contributed by atoms with E-state index in [9.17, 15) is 14.4 Å². The number of pyridine rings is 1. The minimum absolute atomic E-state index is 0. The van der Waals surface area contributed by atoms with Crippen LogP contribution in [0, 0.1) is 27.2 Å². The van der Waals surface area contributed by atoms with Crippen LogP contribution in [-0.4, -0.2) is 49.1 Å². The summed E-state index contributed by atoms with van der Waals surface area (Å²) in [6, 6.07) is 17.8. The summed E-state index contributed by atoms with van der Waals surface area (Å²) in [7, 11) is 5.36. The summed E-state index contributed by atoms with van der Waals surface area (Å²) < 4.78 is 6.17. The second-order valence-corrected chi connectivity index (χ2v) is 10.9. The molecule has 0 aliphatic rings. The number of nitrogens with two attached hydrogens (primary N) is 1. The van der Waals surface area contributed by atoms with E-state index in [2.05, 4.69) is 55.0 Å². The number of benzene rings is 2. The molecule has 0 bridgehead atoms. The van der Waals surface area contributed by atoms with Crippen molar-refractivity contribution >= 4 is 11.9 Å². The molecule has 1 atom stereocenters. The van der Waals surface area contributed by atoms with Gasteiger partial charge in [0.15, 0.2) is 0 Å². The normalized spacial score (nSPS) is 11.1. The molecule has 2 N–H and O–H groups in total. The molecule has 0 saturated heterocycles. The van der Waals surface area contributed by atoms with Crippen molar-refractivity contribution in [1.82, 2.24) is 9.47 Å². The number of ether oxygens (including phenoxy) is 1. The van der Waals surface area contributed by atoms with E-state index in [4.69, 9.17) is 5.73 Å². The topological polar surface area (TPSA) is 94.6 Å². The molecule has 0 aliphatic carbocycles. The van der Waals surface area contributed by atoms with Gasteiger partial charge in [0.2, 0.25) is 5.91 Å². The van der Waals surface area contributed by atoms with Crippen molar-refractivity contribution in [2.75, 3.05) is 27.7 Å². The van der Waals surface area contributed by atoms with Gasteiger partial charge in [-0.05, 0) is 87.0 Å². The van der Waals surface area contributed by atoms with Gasteiger partial charge in [-0.15, -0.1) is 0 Å². The zero-order chi connectivity index (χ0) is 29.8. The van der Waals surface area contributed by atoms with Crippen LogP contribution in [0.15, 0.2) is 65.6 Å².